The van der Waals surface area contributed by atoms with E-state index < -0.39 is 0 Å². The molecule has 0 aromatic heterocycles. The third-order valence-electron chi connectivity index (χ3n) is 3.25. The predicted octanol–water partition coefficient (Wildman–Crippen LogP) is 3.95. The number of halogens is 2. The summed E-state index contributed by atoms with van der Waals surface area (Å²) < 4.78 is 1.47. The van der Waals surface area contributed by atoms with E-state index in [4.69, 9.17) is 0 Å². The number of nitrogens with one attached hydrogen (secondary N) is 1. The minimum Gasteiger partial charge on any atom is -0.506 e. The lowest BCUT2D eigenvalue weighted by Crippen LogP contribution is -2.47. The van der Waals surface area contributed by atoms with Crippen LogP contribution in [0.3, 0.4) is 0 Å². The van der Waals surface area contributed by atoms with Crippen molar-refractivity contribution in [3.05, 3.63) is 26.6 Å². The molecular formula is C12H15Br2NO. The molecule has 0 amide bonds. The van der Waals surface area contributed by atoms with Crippen molar-refractivity contribution >= 4 is 31.9 Å². The number of hydrogen-bond acceptors (Lipinski definition) is 2. The van der Waals surface area contributed by atoms with Crippen molar-refractivity contribution in [2.24, 2.45) is 0 Å². The van der Waals surface area contributed by atoms with E-state index >= 15 is 0 Å². The topological polar surface area (TPSA) is 32.3 Å². The van der Waals surface area contributed by atoms with Crippen molar-refractivity contribution < 1.29 is 5.11 Å². The number of aromatic hydroxyl groups is 1. The Hall–Kier alpha value is -0.0600. The van der Waals surface area contributed by atoms with Gasteiger partial charge in [0.1, 0.15) is 5.75 Å². The molecule has 16 heavy (non-hydrogen) atoms. The second kappa shape index (κ2) is 4.67. The van der Waals surface area contributed by atoms with Gasteiger partial charge in [-0.3, -0.25) is 0 Å². The summed E-state index contributed by atoms with van der Waals surface area (Å²) in [6, 6.07) is 3.91. The van der Waals surface area contributed by atoms with E-state index in [2.05, 4.69) is 44.1 Å². The Balaban J connectivity index is 2.04. The third-order valence-corrected chi connectivity index (χ3v) is 4.46. The minimum absolute atomic E-state index is 0.263. The Morgan fingerprint density at radius 3 is 2.31 bits per heavy atom. The molecule has 0 saturated heterocycles. The molecule has 2 rings (SSSR count). The summed E-state index contributed by atoms with van der Waals surface area (Å²) in [6.45, 7) is 3.11. The van der Waals surface area contributed by atoms with Crippen LogP contribution in [-0.4, -0.2) is 10.6 Å². The molecule has 2 nitrogen and oxygen atoms in total. The first-order valence-electron chi connectivity index (χ1n) is 5.42. The molecule has 0 bridgehead atoms. The van der Waals surface area contributed by atoms with E-state index in [1.165, 1.54) is 24.8 Å². The standard InChI is InChI=1S/C12H15Br2NO/c1-12(3-2-4-12)15-7-8-5-9(13)11(16)10(14)6-8/h5-6,15-16H,2-4,7H2,1H3. The van der Waals surface area contributed by atoms with Crippen LogP contribution in [0.15, 0.2) is 21.1 Å². The molecule has 1 saturated carbocycles. The normalized spacial score (nSPS) is 18.2. The molecule has 88 valence electrons. The molecule has 1 aromatic carbocycles. The highest BCUT2D eigenvalue weighted by atomic mass is 79.9. The molecule has 4 heteroatoms. The lowest BCUT2D eigenvalue weighted by molar-refractivity contribution is 0.207. The molecule has 1 aliphatic carbocycles. The van der Waals surface area contributed by atoms with Gasteiger partial charge in [0.05, 0.1) is 8.95 Å². The Labute approximate surface area is 113 Å². The quantitative estimate of drug-likeness (QED) is 0.866. The van der Waals surface area contributed by atoms with Gasteiger partial charge in [0, 0.05) is 12.1 Å². The predicted molar refractivity (Wildman–Crippen MR) is 72.6 cm³/mol. The van der Waals surface area contributed by atoms with E-state index in [-0.39, 0.29) is 5.75 Å². The summed E-state index contributed by atoms with van der Waals surface area (Å²) in [4.78, 5) is 0. The van der Waals surface area contributed by atoms with E-state index in [0.29, 0.717) is 5.54 Å². The van der Waals surface area contributed by atoms with Crippen LogP contribution < -0.4 is 5.32 Å². The Kier molecular flexibility index (Phi) is 3.62. The zero-order chi connectivity index (χ0) is 11.8. The van der Waals surface area contributed by atoms with Crippen molar-refractivity contribution in [1.29, 1.82) is 0 Å². The van der Waals surface area contributed by atoms with E-state index in [9.17, 15) is 5.11 Å². The van der Waals surface area contributed by atoms with Crippen molar-refractivity contribution in [2.75, 3.05) is 0 Å². The second-order valence-electron chi connectivity index (χ2n) is 4.68. The van der Waals surface area contributed by atoms with Gasteiger partial charge in [-0.25, -0.2) is 0 Å². The van der Waals surface area contributed by atoms with Crippen LogP contribution in [0.25, 0.3) is 0 Å². The fourth-order valence-electron chi connectivity index (χ4n) is 1.92. The number of hydrogen-bond donors (Lipinski definition) is 2. The summed E-state index contributed by atoms with van der Waals surface area (Å²) in [5.41, 5.74) is 1.49. The lowest BCUT2D eigenvalue weighted by atomic mass is 9.78. The number of phenols is 1. The highest BCUT2D eigenvalue weighted by Crippen LogP contribution is 2.34. The molecule has 0 radical (unpaired) electrons. The maximum Gasteiger partial charge on any atom is 0.143 e. The first-order chi connectivity index (χ1) is 7.50. The van der Waals surface area contributed by atoms with Gasteiger partial charge in [-0.15, -0.1) is 0 Å². The SMILES string of the molecule is CC1(NCc2cc(Br)c(O)c(Br)c2)CCC1. The molecule has 0 heterocycles. The van der Waals surface area contributed by atoms with Gasteiger partial charge in [-0.1, -0.05) is 0 Å². The molecule has 2 N–H and O–H groups in total. The Bertz CT molecular complexity index is 379. The van der Waals surface area contributed by atoms with Gasteiger partial charge >= 0.3 is 0 Å². The van der Waals surface area contributed by atoms with Crippen LogP contribution in [0.4, 0.5) is 0 Å². The highest BCUT2D eigenvalue weighted by molar-refractivity contribution is 9.11. The van der Waals surface area contributed by atoms with Crippen molar-refractivity contribution in [1.82, 2.24) is 5.32 Å². The van der Waals surface area contributed by atoms with Gasteiger partial charge in [0.2, 0.25) is 0 Å². The number of phenolic OH excluding ortho intramolecular Hbond substituents is 1. The average Bonchev–Trinajstić information content (AvgIpc) is 2.20. The van der Waals surface area contributed by atoms with Crippen LogP contribution >= 0.6 is 31.9 Å². The highest BCUT2D eigenvalue weighted by Gasteiger charge is 2.30. The number of rotatable bonds is 3. The molecular weight excluding hydrogens is 334 g/mol. The summed E-state index contributed by atoms with van der Waals surface area (Å²) in [7, 11) is 0. The second-order valence-corrected chi connectivity index (χ2v) is 6.38. The summed E-state index contributed by atoms with van der Waals surface area (Å²) >= 11 is 6.68. The maximum absolute atomic E-state index is 9.60. The molecule has 1 aromatic rings. The van der Waals surface area contributed by atoms with Crippen LogP contribution in [0.2, 0.25) is 0 Å². The maximum atomic E-state index is 9.60. The van der Waals surface area contributed by atoms with Gasteiger partial charge in [0.25, 0.3) is 0 Å². The molecule has 1 fully saturated rings. The number of benzene rings is 1. The van der Waals surface area contributed by atoms with Gasteiger partial charge < -0.3 is 10.4 Å². The first kappa shape index (κ1) is 12.4. The van der Waals surface area contributed by atoms with Crippen molar-refractivity contribution in [3.63, 3.8) is 0 Å². The monoisotopic (exact) mass is 347 g/mol. The largest absolute Gasteiger partial charge is 0.506 e. The summed E-state index contributed by atoms with van der Waals surface area (Å²) in [5, 5.41) is 13.2. The summed E-state index contributed by atoms with van der Waals surface area (Å²) in [6.07, 6.45) is 3.84. The van der Waals surface area contributed by atoms with Gasteiger partial charge in [-0.2, -0.15) is 0 Å². The minimum atomic E-state index is 0.263. The lowest BCUT2D eigenvalue weighted by Gasteiger charge is -2.39. The molecule has 0 spiro atoms. The Morgan fingerprint density at radius 2 is 1.88 bits per heavy atom. The zero-order valence-electron chi connectivity index (χ0n) is 9.19. The smallest absolute Gasteiger partial charge is 0.143 e. The molecule has 1 aliphatic rings. The van der Waals surface area contributed by atoms with Crippen molar-refractivity contribution in [2.45, 2.75) is 38.3 Å². The third kappa shape index (κ3) is 2.60. The van der Waals surface area contributed by atoms with Crippen LogP contribution in [0, 0.1) is 0 Å². The van der Waals surface area contributed by atoms with Crippen LogP contribution in [-0.2, 0) is 6.54 Å². The summed E-state index contributed by atoms with van der Waals surface area (Å²) in [5.74, 6) is 0.263. The fourth-order valence-corrected chi connectivity index (χ4v) is 3.20. The van der Waals surface area contributed by atoms with E-state index in [1.54, 1.807) is 0 Å². The average molecular weight is 349 g/mol. The molecule has 0 unspecified atom stereocenters. The first-order valence-corrected chi connectivity index (χ1v) is 7.01. The van der Waals surface area contributed by atoms with Gasteiger partial charge in [-0.05, 0) is 75.7 Å². The van der Waals surface area contributed by atoms with Crippen molar-refractivity contribution in [3.8, 4) is 5.75 Å². The van der Waals surface area contributed by atoms with Gasteiger partial charge in [0.15, 0.2) is 0 Å². The Morgan fingerprint density at radius 1 is 1.31 bits per heavy atom. The molecule has 0 aliphatic heterocycles. The van der Waals surface area contributed by atoms with Crippen LogP contribution in [0.5, 0.6) is 5.75 Å². The van der Waals surface area contributed by atoms with E-state index in [1.807, 2.05) is 12.1 Å². The fraction of sp³-hybridized carbons (Fsp3) is 0.500. The molecule has 0 atom stereocenters. The van der Waals surface area contributed by atoms with E-state index in [0.717, 1.165) is 15.5 Å². The van der Waals surface area contributed by atoms with Crippen LogP contribution in [0.1, 0.15) is 31.7 Å². The zero-order valence-corrected chi connectivity index (χ0v) is 12.4.